The molecule has 0 bridgehead atoms. The van der Waals surface area contributed by atoms with Crippen LogP contribution in [-0.2, 0) is 6.54 Å². The first-order valence-corrected chi connectivity index (χ1v) is 7.90. The lowest BCUT2D eigenvalue weighted by molar-refractivity contribution is 0.0691. The van der Waals surface area contributed by atoms with Gasteiger partial charge in [0.2, 0.25) is 0 Å². The molecule has 3 rings (SSSR count). The molecule has 22 heavy (non-hydrogen) atoms. The topological polar surface area (TPSA) is 56.7 Å². The third kappa shape index (κ3) is 3.42. The standard InChI is InChI=1S/C15H16FN3O2S/c16-11-1-3-12(4-2-11)19-7-5-18(6-8-19)9-14-17-13(10-22-14)15(20)21/h1-4,10H,5-9H2,(H,20,21). The van der Waals surface area contributed by atoms with E-state index in [1.165, 1.54) is 23.5 Å². The summed E-state index contributed by atoms with van der Waals surface area (Å²) >= 11 is 1.38. The molecule has 1 aliphatic rings. The third-order valence-electron chi connectivity index (χ3n) is 3.69. The minimum absolute atomic E-state index is 0.116. The zero-order chi connectivity index (χ0) is 15.5. The molecule has 1 N–H and O–H groups in total. The van der Waals surface area contributed by atoms with Crippen LogP contribution in [0.1, 0.15) is 15.5 Å². The Morgan fingerprint density at radius 3 is 2.50 bits per heavy atom. The lowest BCUT2D eigenvalue weighted by Crippen LogP contribution is -2.45. The van der Waals surface area contributed by atoms with Crippen LogP contribution in [0.15, 0.2) is 29.6 Å². The van der Waals surface area contributed by atoms with Crippen LogP contribution in [0.2, 0.25) is 0 Å². The van der Waals surface area contributed by atoms with E-state index < -0.39 is 5.97 Å². The maximum absolute atomic E-state index is 12.9. The molecule has 0 amide bonds. The second-order valence-corrected chi connectivity index (χ2v) is 6.11. The molecular formula is C15H16FN3O2S. The molecule has 2 heterocycles. The fourth-order valence-corrected chi connectivity index (χ4v) is 3.30. The Kier molecular flexibility index (Phi) is 4.35. The van der Waals surface area contributed by atoms with Gasteiger partial charge in [0.25, 0.3) is 0 Å². The van der Waals surface area contributed by atoms with E-state index in [1.807, 2.05) is 0 Å². The van der Waals surface area contributed by atoms with Crippen LogP contribution in [0, 0.1) is 5.82 Å². The highest BCUT2D eigenvalue weighted by Crippen LogP contribution is 2.19. The quantitative estimate of drug-likeness (QED) is 0.936. The number of carboxylic acid groups (broad SMARTS) is 1. The molecule has 1 saturated heterocycles. The van der Waals surface area contributed by atoms with E-state index in [-0.39, 0.29) is 11.5 Å². The van der Waals surface area contributed by atoms with E-state index in [9.17, 15) is 9.18 Å². The number of benzene rings is 1. The van der Waals surface area contributed by atoms with Crippen LogP contribution in [0.3, 0.4) is 0 Å². The molecule has 0 atom stereocenters. The summed E-state index contributed by atoms with van der Waals surface area (Å²) in [5.74, 6) is -1.20. The summed E-state index contributed by atoms with van der Waals surface area (Å²) in [7, 11) is 0. The lowest BCUT2D eigenvalue weighted by atomic mass is 10.2. The molecule has 1 aromatic carbocycles. The van der Waals surface area contributed by atoms with Gasteiger partial charge in [0.15, 0.2) is 5.69 Å². The third-order valence-corrected chi connectivity index (χ3v) is 4.53. The molecule has 1 fully saturated rings. The van der Waals surface area contributed by atoms with Crippen LogP contribution in [0.25, 0.3) is 0 Å². The van der Waals surface area contributed by atoms with Crippen LogP contribution >= 0.6 is 11.3 Å². The van der Waals surface area contributed by atoms with Crippen LogP contribution in [0.4, 0.5) is 10.1 Å². The number of thiazole rings is 1. The highest BCUT2D eigenvalue weighted by atomic mass is 32.1. The maximum Gasteiger partial charge on any atom is 0.355 e. The van der Waals surface area contributed by atoms with Crippen molar-refractivity contribution in [3.8, 4) is 0 Å². The lowest BCUT2D eigenvalue weighted by Gasteiger charge is -2.35. The van der Waals surface area contributed by atoms with Crippen molar-refractivity contribution in [1.82, 2.24) is 9.88 Å². The number of piperazine rings is 1. The number of hydrogen-bond acceptors (Lipinski definition) is 5. The normalized spacial score (nSPS) is 16.0. The Bertz CT molecular complexity index is 651. The van der Waals surface area contributed by atoms with Crippen LogP contribution < -0.4 is 4.90 Å². The summed E-state index contributed by atoms with van der Waals surface area (Å²) in [6.45, 7) is 4.15. The molecule has 0 spiro atoms. The van der Waals surface area contributed by atoms with E-state index in [0.717, 1.165) is 36.9 Å². The van der Waals surface area contributed by atoms with Gasteiger partial charge in [-0.1, -0.05) is 0 Å². The summed E-state index contributed by atoms with van der Waals surface area (Å²) < 4.78 is 12.9. The molecule has 7 heteroatoms. The van der Waals surface area contributed by atoms with Gasteiger partial charge in [-0.05, 0) is 24.3 Å². The summed E-state index contributed by atoms with van der Waals surface area (Å²) in [6.07, 6.45) is 0. The van der Waals surface area contributed by atoms with Gasteiger partial charge < -0.3 is 10.0 Å². The summed E-state index contributed by atoms with van der Waals surface area (Å²) in [6, 6.07) is 6.55. The van der Waals surface area contributed by atoms with E-state index in [0.29, 0.717) is 6.54 Å². The van der Waals surface area contributed by atoms with Crippen LogP contribution in [-0.4, -0.2) is 47.1 Å². The molecule has 5 nitrogen and oxygen atoms in total. The first kappa shape index (κ1) is 14.9. The van der Waals surface area contributed by atoms with Crippen LogP contribution in [0.5, 0.6) is 0 Å². The average molecular weight is 321 g/mol. The van der Waals surface area contributed by atoms with Gasteiger partial charge in [0, 0.05) is 37.2 Å². The van der Waals surface area contributed by atoms with Crippen molar-refractivity contribution in [3.63, 3.8) is 0 Å². The number of carboxylic acids is 1. The Balaban J connectivity index is 1.55. The summed E-state index contributed by atoms with van der Waals surface area (Å²) in [5.41, 5.74) is 1.15. The molecule has 1 aromatic heterocycles. The van der Waals surface area contributed by atoms with Crippen molar-refractivity contribution >= 4 is 23.0 Å². The minimum Gasteiger partial charge on any atom is -0.476 e. The fraction of sp³-hybridized carbons (Fsp3) is 0.333. The molecular weight excluding hydrogens is 305 g/mol. The number of carbonyl (C=O) groups is 1. The number of rotatable bonds is 4. The maximum atomic E-state index is 12.9. The molecule has 0 unspecified atom stereocenters. The molecule has 0 radical (unpaired) electrons. The number of aromatic carboxylic acids is 1. The van der Waals surface area contributed by atoms with Gasteiger partial charge in [0.1, 0.15) is 10.8 Å². The van der Waals surface area contributed by atoms with Gasteiger partial charge >= 0.3 is 5.97 Å². The fourth-order valence-electron chi connectivity index (χ4n) is 2.49. The first-order chi connectivity index (χ1) is 10.6. The Hall–Kier alpha value is -1.99. The monoisotopic (exact) mass is 321 g/mol. The van der Waals surface area contributed by atoms with Crippen molar-refractivity contribution in [2.45, 2.75) is 6.54 Å². The second kappa shape index (κ2) is 6.41. The average Bonchev–Trinajstić information content (AvgIpc) is 2.98. The predicted octanol–water partition coefficient (Wildman–Crippen LogP) is 2.30. The summed E-state index contributed by atoms with van der Waals surface area (Å²) in [5, 5.41) is 11.3. The number of nitrogens with zero attached hydrogens (tertiary/aromatic N) is 3. The van der Waals surface area contributed by atoms with Gasteiger partial charge in [-0.3, -0.25) is 4.90 Å². The Labute approximate surface area is 131 Å². The first-order valence-electron chi connectivity index (χ1n) is 7.02. The number of halogens is 1. The number of aromatic nitrogens is 1. The van der Waals surface area contributed by atoms with E-state index in [1.54, 1.807) is 17.5 Å². The van der Waals surface area contributed by atoms with Gasteiger partial charge in [-0.15, -0.1) is 11.3 Å². The van der Waals surface area contributed by atoms with Crippen molar-refractivity contribution < 1.29 is 14.3 Å². The number of hydrogen-bond donors (Lipinski definition) is 1. The molecule has 1 aliphatic heterocycles. The van der Waals surface area contributed by atoms with E-state index >= 15 is 0 Å². The molecule has 2 aromatic rings. The smallest absolute Gasteiger partial charge is 0.355 e. The zero-order valence-electron chi connectivity index (χ0n) is 11.9. The van der Waals surface area contributed by atoms with Gasteiger partial charge in [-0.2, -0.15) is 0 Å². The Morgan fingerprint density at radius 1 is 1.23 bits per heavy atom. The van der Waals surface area contributed by atoms with Crippen molar-refractivity contribution in [2.24, 2.45) is 0 Å². The van der Waals surface area contributed by atoms with E-state index in [4.69, 9.17) is 5.11 Å². The molecule has 0 aliphatic carbocycles. The zero-order valence-corrected chi connectivity index (χ0v) is 12.7. The summed E-state index contributed by atoms with van der Waals surface area (Å²) in [4.78, 5) is 19.4. The Morgan fingerprint density at radius 2 is 1.91 bits per heavy atom. The van der Waals surface area contributed by atoms with Crippen molar-refractivity contribution in [3.05, 3.63) is 46.2 Å². The largest absolute Gasteiger partial charge is 0.476 e. The van der Waals surface area contributed by atoms with Crippen molar-refractivity contribution in [1.29, 1.82) is 0 Å². The second-order valence-electron chi connectivity index (χ2n) is 5.17. The van der Waals surface area contributed by atoms with Gasteiger partial charge in [0.05, 0.1) is 6.54 Å². The minimum atomic E-state index is -0.983. The highest BCUT2D eigenvalue weighted by Gasteiger charge is 2.19. The van der Waals surface area contributed by atoms with E-state index in [2.05, 4.69) is 14.8 Å². The highest BCUT2D eigenvalue weighted by molar-refractivity contribution is 7.09. The number of anilines is 1. The predicted molar refractivity (Wildman–Crippen MR) is 83.0 cm³/mol. The molecule has 0 saturated carbocycles. The molecule has 116 valence electrons. The van der Waals surface area contributed by atoms with Gasteiger partial charge in [-0.25, -0.2) is 14.2 Å². The SMILES string of the molecule is O=C(O)c1csc(CN2CCN(c3ccc(F)cc3)CC2)n1. The van der Waals surface area contributed by atoms with Crippen molar-refractivity contribution in [2.75, 3.05) is 31.1 Å².